The molecule has 1 aromatic rings. The van der Waals surface area contributed by atoms with Gasteiger partial charge in [-0.2, -0.15) is 0 Å². The van der Waals surface area contributed by atoms with Gasteiger partial charge in [0.25, 0.3) is 0 Å². The molecule has 0 bridgehead atoms. The normalized spacial score (nSPS) is 10.4. The van der Waals surface area contributed by atoms with E-state index in [1.54, 1.807) is 32.9 Å². The Morgan fingerprint density at radius 1 is 1.37 bits per heavy atom. The van der Waals surface area contributed by atoms with E-state index in [-0.39, 0.29) is 11.3 Å². The Balaban J connectivity index is 2.98. The lowest BCUT2D eigenvalue weighted by atomic mass is 10.1. The second kappa shape index (κ2) is 5.44. The van der Waals surface area contributed by atoms with E-state index in [9.17, 15) is 9.59 Å². The van der Waals surface area contributed by atoms with Crippen LogP contribution in [0.5, 0.6) is 0 Å². The second-order valence-electron chi connectivity index (χ2n) is 4.65. The first-order chi connectivity index (χ1) is 8.76. The van der Waals surface area contributed by atoms with Crippen LogP contribution in [0.3, 0.4) is 0 Å². The lowest BCUT2D eigenvalue weighted by Gasteiger charge is -2.20. The number of nitrogens with one attached hydrogen (secondary N) is 2. The summed E-state index contributed by atoms with van der Waals surface area (Å²) in [6, 6.07) is 4.22. The van der Waals surface area contributed by atoms with Gasteiger partial charge in [0.15, 0.2) is 0 Å². The Hall–Kier alpha value is -2.48. The highest BCUT2D eigenvalue weighted by molar-refractivity contribution is 6.01. The van der Waals surface area contributed by atoms with Crippen molar-refractivity contribution in [3.63, 3.8) is 0 Å². The first-order valence-electron chi connectivity index (χ1n) is 5.66. The van der Waals surface area contributed by atoms with Gasteiger partial charge < -0.3 is 15.7 Å². The van der Waals surface area contributed by atoms with Crippen molar-refractivity contribution in [1.82, 2.24) is 5.32 Å². The summed E-state index contributed by atoms with van der Waals surface area (Å²) in [6.45, 7) is 5.06. The molecule has 3 N–H and O–H groups in total. The smallest absolute Gasteiger partial charge is 0.337 e. The molecular formula is C14H16N2O3. The van der Waals surface area contributed by atoms with E-state index in [0.29, 0.717) is 5.56 Å². The van der Waals surface area contributed by atoms with Gasteiger partial charge in [-0.05, 0) is 32.4 Å². The number of hydrogen-bond acceptors (Lipinski definition) is 2. The Morgan fingerprint density at radius 2 is 2.00 bits per heavy atom. The monoisotopic (exact) mass is 260 g/mol. The number of urea groups is 1. The van der Waals surface area contributed by atoms with Crippen molar-refractivity contribution in [2.75, 3.05) is 5.32 Å². The molecule has 0 heterocycles. The summed E-state index contributed by atoms with van der Waals surface area (Å²) in [5, 5.41) is 14.2. The maximum Gasteiger partial charge on any atom is 0.337 e. The van der Waals surface area contributed by atoms with Gasteiger partial charge >= 0.3 is 12.0 Å². The zero-order chi connectivity index (χ0) is 14.6. The van der Waals surface area contributed by atoms with E-state index in [4.69, 9.17) is 11.5 Å². The van der Waals surface area contributed by atoms with Crippen LogP contribution in [0.1, 0.15) is 29.8 Å². The fraction of sp³-hybridized carbons (Fsp3) is 0.286. The number of benzene rings is 1. The fourth-order valence-corrected chi connectivity index (χ4v) is 1.48. The zero-order valence-electron chi connectivity index (χ0n) is 11.1. The number of hydrogen-bond donors (Lipinski definition) is 3. The van der Waals surface area contributed by atoms with E-state index in [1.165, 1.54) is 6.07 Å². The van der Waals surface area contributed by atoms with Gasteiger partial charge in [0.1, 0.15) is 0 Å². The van der Waals surface area contributed by atoms with E-state index in [2.05, 4.69) is 16.6 Å². The highest BCUT2D eigenvalue weighted by Gasteiger charge is 2.19. The molecule has 0 atom stereocenters. The van der Waals surface area contributed by atoms with Crippen molar-refractivity contribution in [2.24, 2.45) is 0 Å². The number of aryl methyl sites for hydroxylation is 1. The highest BCUT2D eigenvalue weighted by Crippen LogP contribution is 2.20. The van der Waals surface area contributed by atoms with Crippen LogP contribution in [0.2, 0.25) is 0 Å². The number of aromatic carboxylic acids is 1. The highest BCUT2D eigenvalue weighted by atomic mass is 16.4. The summed E-state index contributed by atoms with van der Waals surface area (Å²) in [4.78, 5) is 22.9. The largest absolute Gasteiger partial charge is 0.478 e. The third-order valence-corrected chi connectivity index (χ3v) is 2.53. The van der Waals surface area contributed by atoms with Crippen molar-refractivity contribution in [3.8, 4) is 12.3 Å². The number of anilines is 1. The topological polar surface area (TPSA) is 78.4 Å². The zero-order valence-corrected chi connectivity index (χ0v) is 11.1. The Morgan fingerprint density at radius 3 is 2.53 bits per heavy atom. The first kappa shape index (κ1) is 14.6. The molecular weight excluding hydrogens is 244 g/mol. The van der Waals surface area contributed by atoms with Crippen molar-refractivity contribution in [2.45, 2.75) is 26.3 Å². The number of carbonyl (C=O) groups is 2. The summed E-state index contributed by atoms with van der Waals surface area (Å²) in [7, 11) is 0. The van der Waals surface area contributed by atoms with Crippen molar-refractivity contribution >= 4 is 17.7 Å². The van der Waals surface area contributed by atoms with Gasteiger partial charge in [0.2, 0.25) is 0 Å². The van der Waals surface area contributed by atoms with Crippen LogP contribution in [0.25, 0.3) is 0 Å². The number of rotatable bonds is 3. The average Bonchev–Trinajstić information content (AvgIpc) is 2.30. The van der Waals surface area contributed by atoms with E-state index in [0.717, 1.165) is 0 Å². The molecule has 0 aliphatic carbocycles. The maximum absolute atomic E-state index is 11.8. The second-order valence-corrected chi connectivity index (χ2v) is 4.65. The number of terminal acetylenes is 1. The van der Waals surface area contributed by atoms with Crippen LogP contribution in [0.4, 0.5) is 10.5 Å². The number of carbonyl (C=O) groups excluding carboxylic acids is 1. The summed E-state index contributed by atoms with van der Waals surface area (Å²) in [5.74, 6) is 1.32. The number of carboxylic acid groups (broad SMARTS) is 1. The molecule has 0 aliphatic heterocycles. The Bertz CT molecular complexity index is 556. The molecule has 1 rings (SSSR count). The molecule has 100 valence electrons. The summed E-state index contributed by atoms with van der Waals surface area (Å²) in [5.41, 5.74) is 0.151. The van der Waals surface area contributed by atoms with E-state index < -0.39 is 17.5 Å². The molecule has 0 saturated heterocycles. The predicted molar refractivity (Wildman–Crippen MR) is 73.2 cm³/mol. The summed E-state index contributed by atoms with van der Waals surface area (Å²) < 4.78 is 0. The molecule has 2 amide bonds. The van der Waals surface area contributed by atoms with E-state index >= 15 is 0 Å². The van der Waals surface area contributed by atoms with Gasteiger partial charge in [-0.3, -0.25) is 0 Å². The number of carboxylic acids is 1. The number of amides is 2. The summed E-state index contributed by atoms with van der Waals surface area (Å²) >= 11 is 0. The van der Waals surface area contributed by atoms with Crippen molar-refractivity contribution in [1.29, 1.82) is 0 Å². The molecule has 5 nitrogen and oxygen atoms in total. The third-order valence-electron chi connectivity index (χ3n) is 2.53. The average molecular weight is 260 g/mol. The Kier molecular flexibility index (Phi) is 4.18. The van der Waals surface area contributed by atoms with E-state index in [1.807, 2.05) is 0 Å². The van der Waals surface area contributed by atoms with Crippen LogP contribution in [0.15, 0.2) is 18.2 Å². The molecule has 1 aromatic carbocycles. The Labute approximate surface area is 112 Å². The minimum Gasteiger partial charge on any atom is -0.478 e. The molecule has 0 radical (unpaired) electrons. The predicted octanol–water partition coefficient (Wildman–Crippen LogP) is 2.23. The summed E-state index contributed by atoms with van der Waals surface area (Å²) in [6.07, 6.45) is 5.27. The standard InChI is InChI=1S/C14H16N2O3/c1-5-14(3,4)16-13(19)15-11-9(2)7-6-8-10(11)12(17)18/h1,6-8H,2-4H3,(H,17,18)(H2,15,16,19). The molecule has 0 saturated carbocycles. The molecule has 0 fully saturated rings. The minimum absolute atomic E-state index is 0.0358. The van der Waals surface area contributed by atoms with Crippen LogP contribution >= 0.6 is 0 Å². The molecule has 0 aromatic heterocycles. The lowest BCUT2D eigenvalue weighted by molar-refractivity contribution is 0.0698. The van der Waals surface area contributed by atoms with Crippen LogP contribution in [-0.2, 0) is 0 Å². The van der Waals surface area contributed by atoms with Gasteiger partial charge in [-0.25, -0.2) is 9.59 Å². The number of para-hydroxylation sites is 1. The van der Waals surface area contributed by atoms with Crippen molar-refractivity contribution in [3.05, 3.63) is 29.3 Å². The van der Waals surface area contributed by atoms with Crippen molar-refractivity contribution < 1.29 is 14.7 Å². The SMILES string of the molecule is C#CC(C)(C)NC(=O)Nc1c(C)cccc1C(=O)O. The molecule has 19 heavy (non-hydrogen) atoms. The van der Waals surface area contributed by atoms with Crippen LogP contribution in [-0.4, -0.2) is 22.6 Å². The molecule has 0 aliphatic rings. The van der Waals surface area contributed by atoms with Gasteiger partial charge in [-0.1, -0.05) is 18.1 Å². The molecule has 0 spiro atoms. The van der Waals surface area contributed by atoms with Gasteiger partial charge in [0.05, 0.1) is 16.8 Å². The quantitative estimate of drug-likeness (QED) is 0.729. The lowest BCUT2D eigenvalue weighted by Crippen LogP contribution is -2.44. The maximum atomic E-state index is 11.8. The minimum atomic E-state index is -1.10. The molecule has 5 heteroatoms. The van der Waals surface area contributed by atoms with Crippen LogP contribution in [0, 0.1) is 19.3 Å². The third kappa shape index (κ3) is 3.75. The molecule has 0 unspecified atom stereocenters. The van der Waals surface area contributed by atoms with Gasteiger partial charge in [-0.15, -0.1) is 6.42 Å². The first-order valence-corrected chi connectivity index (χ1v) is 5.66. The van der Waals surface area contributed by atoms with Gasteiger partial charge in [0, 0.05) is 0 Å². The van der Waals surface area contributed by atoms with Crippen LogP contribution < -0.4 is 10.6 Å². The fourth-order valence-electron chi connectivity index (χ4n) is 1.48.